The number of hydrogen-bond acceptors (Lipinski definition) is 3. The quantitative estimate of drug-likeness (QED) is 0.764. The Bertz CT molecular complexity index is 515. The van der Waals surface area contributed by atoms with E-state index in [1.807, 2.05) is 12.1 Å². The fourth-order valence-electron chi connectivity index (χ4n) is 1.85. The van der Waals surface area contributed by atoms with Gasteiger partial charge in [0.1, 0.15) is 5.54 Å². The molecule has 1 aromatic carbocycles. The molecule has 0 fully saturated rings. The Morgan fingerprint density at radius 2 is 1.89 bits per heavy atom. The van der Waals surface area contributed by atoms with Crippen molar-refractivity contribution in [3.05, 3.63) is 34.9 Å². The first-order valence-corrected chi connectivity index (χ1v) is 5.85. The van der Waals surface area contributed by atoms with Gasteiger partial charge < -0.3 is 16.4 Å². The number of fused-ring (bicyclic) bond motifs is 1. The van der Waals surface area contributed by atoms with E-state index in [1.165, 1.54) is 5.56 Å². The van der Waals surface area contributed by atoms with E-state index in [0.717, 1.165) is 18.7 Å². The van der Waals surface area contributed by atoms with Crippen molar-refractivity contribution in [1.82, 2.24) is 10.6 Å². The van der Waals surface area contributed by atoms with Crippen LogP contribution in [0.3, 0.4) is 0 Å². The van der Waals surface area contributed by atoms with Crippen LogP contribution in [0.15, 0.2) is 18.2 Å². The van der Waals surface area contributed by atoms with Crippen molar-refractivity contribution in [2.45, 2.75) is 32.5 Å². The molecule has 2 amide bonds. The standard InChI is InChI=1S/C13H17N3O2.ClH/c1-13(2,12(14)18)16-11(17)8-3-4-9-6-15-7-10(9)5-8;/h3-5,15H,6-7H2,1-2H3,(H2,14,18)(H,16,17);1H. The van der Waals surface area contributed by atoms with Gasteiger partial charge in [0.25, 0.3) is 5.91 Å². The molecule has 5 nitrogen and oxygen atoms in total. The third-order valence-corrected chi connectivity index (χ3v) is 3.14. The van der Waals surface area contributed by atoms with E-state index in [9.17, 15) is 9.59 Å². The summed E-state index contributed by atoms with van der Waals surface area (Å²) in [6, 6.07) is 5.54. The Labute approximate surface area is 118 Å². The number of nitrogens with one attached hydrogen (secondary N) is 2. The SMILES string of the molecule is CC(C)(NC(=O)c1ccc2c(c1)CNC2)C(N)=O.Cl. The van der Waals surface area contributed by atoms with Gasteiger partial charge in [-0.3, -0.25) is 9.59 Å². The van der Waals surface area contributed by atoms with Gasteiger partial charge in [-0.1, -0.05) is 6.07 Å². The van der Waals surface area contributed by atoms with Crippen molar-refractivity contribution in [1.29, 1.82) is 0 Å². The summed E-state index contributed by atoms with van der Waals surface area (Å²) >= 11 is 0. The Kier molecular flexibility index (Phi) is 4.55. The minimum atomic E-state index is -1.05. The van der Waals surface area contributed by atoms with Gasteiger partial charge in [-0.25, -0.2) is 0 Å². The maximum atomic E-state index is 12.0. The zero-order chi connectivity index (χ0) is 13.3. The summed E-state index contributed by atoms with van der Waals surface area (Å²) in [5, 5.41) is 5.84. The number of amides is 2. The molecule has 0 atom stereocenters. The van der Waals surface area contributed by atoms with Crippen LogP contribution >= 0.6 is 12.4 Å². The molecule has 1 aromatic rings. The number of hydrogen-bond donors (Lipinski definition) is 3. The fraction of sp³-hybridized carbons (Fsp3) is 0.385. The van der Waals surface area contributed by atoms with Crippen LogP contribution in [-0.4, -0.2) is 17.4 Å². The first-order chi connectivity index (χ1) is 8.40. The normalized spacial score (nSPS) is 13.4. The van der Waals surface area contributed by atoms with Crippen LogP contribution < -0.4 is 16.4 Å². The van der Waals surface area contributed by atoms with Gasteiger partial charge in [-0.15, -0.1) is 12.4 Å². The van der Waals surface area contributed by atoms with Crippen molar-refractivity contribution in [3.63, 3.8) is 0 Å². The second-order valence-electron chi connectivity index (χ2n) is 5.03. The molecule has 0 aromatic heterocycles. The minimum absolute atomic E-state index is 0. The van der Waals surface area contributed by atoms with E-state index in [1.54, 1.807) is 19.9 Å². The van der Waals surface area contributed by atoms with Gasteiger partial charge in [0.05, 0.1) is 0 Å². The summed E-state index contributed by atoms with van der Waals surface area (Å²) < 4.78 is 0. The number of carbonyl (C=O) groups excluding carboxylic acids is 2. The molecule has 0 unspecified atom stereocenters. The molecule has 0 bridgehead atoms. The highest BCUT2D eigenvalue weighted by atomic mass is 35.5. The molecule has 1 heterocycles. The average Bonchev–Trinajstić information content (AvgIpc) is 2.74. The lowest BCUT2D eigenvalue weighted by molar-refractivity contribution is -0.122. The van der Waals surface area contributed by atoms with Crippen LogP contribution in [0.2, 0.25) is 0 Å². The highest BCUT2D eigenvalue weighted by Gasteiger charge is 2.27. The number of carbonyl (C=O) groups is 2. The van der Waals surface area contributed by atoms with Crippen LogP contribution in [0.4, 0.5) is 0 Å². The van der Waals surface area contributed by atoms with Gasteiger partial charge in [0, 0.05) is 18.7 Å². The van der Waals surface area contributed by atoms with Gasteiger partial charge in [0.15, 0.2) is 0 Å². The second-order valence-corrected chi connectivity index (χ2v) is 5.03. The highest BCUT2D eigenvalue weighted by Crippen LogP contribution is 2.17. The zero-order valence-corrected chi connectivity index (χ0v) is 11.8. The van der Waals surface area contributed by atoms with Crippen molar-refractivity contribution >= 4 is 24.2 Å². The first kappa shape index (κ1) is 15.5. The van der Waals surface area contributed by atoms with E-state index in [2.05, 4.69) is 10.6 Å². The Morgan fingerprint density at radius 3 is 2.53 bits per heavy atom. The molecule has 19 heavy (non-hydrogen) atoms. The maximum Gasteiger partial charge on any atom is 0.252 e. The van der Waals surface area contributed by atoms with Crippen molar-refractivity contribution in [2.24, 2.45) is 5.73 Å². The van der Waals surface area contributed by atoms with Crippen molar-refractivity contribution in [3.8, 4) is 0 Å². The molecule has 0 saturated heterocycles. The molecular weight excluding hydrogens is 266 g/mol. The van der Waals surface area contributed by atoms with E-state index in [-0.39, 0.29) is 18.3 Å². The van der Waals surface area contributed by atoms with Crippen LogP contribution in [0.5, 0.6) is 0 Å². The molecule has 104 valence electrons. The second kappa shape index (κ2) is 5.59. The molecule has 0 saturated carbocycles. The summed E-state index contributed by atoms with van der Waals surface area (Å²) in [5.41, 5.74) is 7.06. The van der Waals surface area contributed by atoms with E-state index in [0.29, 0.717) is 5.56 Å². The van der Waals surface area contributed by atoms with E-state index >= 15 is 0 Å². The monoisotopic (exact) mass is 283 g/mol. The third kappa shape index (κ3) is 3.24. The molecular formula is C13H18ClN3O2. The van der Waals surface area contributed by atoms with Gasteiger partial charge in [0.2, 0.25) is 5.91 Å². The molecule has 2 rings (SSSR count). The number of rotatable bonds is 3. The minimum Gasteiger partial charge on any atom is -0.368 e. The van der Waals surface area contributed by atoms with Crippen LogP contribution in [-0.2, 0) is 17.9 Å². The number of benzene rings is 1. The summed E-state index contributed by atoms with van der Waals surface area (Å²) in [5.74, 6) is -0.841. The molecule has 4 N–H and O–H groups in total. The molecule has 1 aliphatic rings. The molecule has 6 heteroatoms. The Balaban J connectivity index is 0.00000180. The molecule has 1 aliphatic heterocycles. The number of primary amides is 1. The van der Waals surface area contributed by atoms with Crippen molar-refractivity contribution < 1.29 is 9.59 Å². The van der Waals surface area contributed by atoms with E-state index in [4.69, 9.17) is 5.73 Å². The lowest BCUT2D eigenvalue weighted by atomic mass is 10.0. The number of nitrogens with two attached hydrogens (primary N) is 1. The topological polar surface area (TPSA) is 84.2 Å². The smallest absolute Gasteiger partial charge is 0.252 e. The predicted molar refractivity (Wildman–Crippen MR) is 75.0 cm³/mol. The summed E-state index contributed by atoms with van der Waals surface area (Å²) in [7, 11) is 0. The molecule has 0 radical (unpaired) electrons. The average molecular weight is 284 g/mol. The van der Waals surface area contributed by atoms with Gasteiger partial charge in [-0.2, -0.15) is 0 Å². The highest BCUT2D eigenvalue weighted by molar-refractivity contribution is 5.98. The van der Waals surface area contributed by atoms with E-state index < -0.39 is 11.4 Å². The van der Waals surface area contributed by atoms with Gasteiger partial charge >= 0.3 is 0 Å². The number of halogens is 1. The summed E-state index contributed by atoms with van der Waals surface area (Å²) in [6.45, 7) is 4.78. The molecule has 0 spiro atoms. The zero-order valence-electron chi connectivity index (χ0n) is 10.9. The van der Waals surface area contributed by atoms with Crippen LogP contribution in [0, 0.1) is 0 Å². The largest absolute Gasteiger partial charge is 0.368 e. The van der Waals surface area contributed by atoms with Crippen LogP contribution in [0.1, 0.15) is 35.3 Å². The lowest BCUT2D eigenvalue weighted by Crippen LogP contribution is -2.53. The lowest BCUT2D eigenvalue weighted by Gasteiger charge is -2.22. The Morgan fingerprint density at radius 1 is 1.26 bits per heavy atom. The summed E-state index contributed by atoms with van der Waals surface area (Å²) in [6.07, 6.45) is 0. The van der Waals surface area contributed by atoms with Crippen LogP contribution in [0.25, 0.3) is 0 Å². The summed E-state index contributed by atoms with van der Waals surface area (Å²) in [4.78, 5) is 23.2. The molecule has 0 aliphatic carbocycles. The maximum absolute atomic E-state index is 12.0. The Hall–Kier alpha value is -1.59. The third-order valence-electron chi connectivity index (χ3n) is 3.14. The fourth-order valence-corrected chi connectivity index (χ4v) is 1.85. The predicted octanol–water partition coefficient (Wildman–Crippen LogP) is 0.705. The first-order valence-electron chi connectivity index (χ1n) is 5.85. The van der Waals surface area contributed by atoms with Crippen molar-refractivity contribution in [2.75, 3.05) is 0 Å². The van der Waals surface area contributed by atoms with Gasteiger partial charge in [-0.05, 0) is 37.1 Å².